The van der Waals surface area contributed by atoms with Crippen LogP contribution in [0.15, 0.2) is 18.3 Å². The van der Waals surface area contributed by atoms with Gasteiger partial charge < -0.3 is 11.1 Å². The molecule has 82 valence electrons. The third-order valence-corrected chi connectivity index (χ3v) is 2.39. The SMILES string of the molecule is CCC(CC)Nc1ccc(C(N)=O)cn1. The first-order valence-electron chi connectivity index (χ1n) is 5.19. The summed E-state index contributed by atoms with van der Waals surface area (Å²) in [5, 5.41) is 3.28. The van der Waals surface area contributed by atoms with E-state index in [2.05, 4.69) is 24.1 Å². The summed E-state index contributed by atoms with van der Waals surface area (Å²) in [5.41, 5.74) is 5.55. The van der Waals surface area contributed by atoms with Gasteiger partial charge in [-0.15, -0.1) is 0 Å². The van der Waals surface area contributed by atoms with Gasteiger partial charge in [0, 0.05) is 12.2 Å². The molecule has 0 spiro atoms. The smallest absolute Gasteiger partial charge is 0.250 e. The number of hydrogen-bond donors (Lipinski definition) is 2. The molecule has 0 unspecified atom stereocenters. The molecule has 4 heteroatoms. The maximum atomic E-state index is 10.8. The van der Waals surface area contributed by atoms with Gasteiger partial charge in [-0.3, -0.25) is 4.79 Å². The van der Waals surface area contributed by atoms with Crippen molar-refractivity contribution < 1.29 is 4.79 Å². The van der Waals surface area contributed by atoms with E-state index in [9.17, 15) is 4.79 Å². The zero-order valence-corrected chi connectivity index (χ0v) is 9.16. The van der Waals surface area contributed by atoms with E-state index in [1.54, 1.807) is 12.1 Å². The molecule has 0 aromatic carbocycles. The summed E-state index contributed by atoms with van der Waals surface area (Å²) in [4.78, 5) is 14.9. The number of amides is 1. The number of carbonyl (C=O) groups is 1. The van der Waals surface area contributed by atoms with E-state index < -0.39 is 5.91 Å². The van der Waals surface area contributed by atoms with Crippen molar-refractivity contribution in [3.63, 3.8) is 0 Å². The van der Waals surface area contributed by atoms with E-state index in [0.717, 1.165) is 18.7 Å². The Morgan fingerprint density at radius 2 is 2.13 bits per heavy atom. The van der Waals surface area contributed by atoms with E-state index in [-0.39, 0.29) is 0 Å². The Labute approximate surface area is 89.9 Å². The van der Waals surface area contributed by atoms with Crippen LogP contribution in [0.25, 0.3) is 0 Å². The van der Waals surface area contributed by atoms with Gasteiger partial charge in [-0.1, -0.05) is 13.8 Å². The lowest BCUT2D eigenvalue weighted by Crippen LogP contribution is -2.18. The summed E-state index contributed by atoms with van der Waals surface area (Å²) in [7, 11) is 0. The number of carbonyl (C=O) groups excluding carboxylic acids is 1. The molecule has 1 amide bonds. The summed E-state index contributed by atoms with van der Waals surface area (Å²) in [6, 6.07) is 3.88. The Bertz CT molecular complexity index is 317. The second kappa shape index (κ2) is 5.34. The molecule has 0 saturated carbocycles. The first kappa shape index (κ1) is 11.5. The lowest BCUT2D eigenvalue weighted by molar-refractivity contribution is 0.1000. The van der Waals surface area contributed by atoms with Crippen molar-refractivity contribution >= 4 is 11.7 Å². The summed E-state index contributed by atoms with van der Waals surface area (Å²) in [5.74, 6) is 0.338. The molecule has 0 aliphatic carbocycles. The second-order valence-corrected chi connectivity index (χ2v) is 3.45. The Morgan fingerprint density at radius 1 is 1.47 bits per heavy atom. The number of hydrogen-bond acceptors (Lipinski definition) is 3. The van der Waals surface area contributed by atoms with Crippen LogP contribution in [0.5, 0.6) is 0 Å². The van der Waals surface area contributed by atoms with Crippen molar-refractivity contribution in [3.05, 3.63) is 23.9 Å². The standard InChI is InChI=1S/C11H17N3O/c1-3-9(4-2)14-10-6-5-8(7-13-10)11(12)15/h5-7,9H,3-4H2,1-2H3,(H2,12,15)(H,13,14). The van der Waals surface area contributed by atoms with Crippen molar-refractivity contribution in [1.29, 1.82) is 0 Å². The van der Waals surface area contributed by atoms with Crippen molar-refractivity contribution in [2.24, 2.45) is 5.73 Å². The normalized spacial score (nSPS) is 10.3. The molecule has 0 bridgehead atoms. The van der Waals surface area contributed by atoms with E-state index in [4.69, 9.17) is 5.73 Å². The molecule has 4 nitrogen and oxygen atoms in total. The van der Waals surface area contributed by atoms with Crippen molar-refractivity contribution in [2.45, 2.75) is 32.7 Å². The van der Waals surface area contributed by atoms with Crippen LogP contribution in [-0.2, 0) is 0 Å². The van der Waals surface area contributed by atoms with Crippen LogP contribution in [0, 0.1) is 0 Å². The van der Waals surface area contributed by atoms with Crippen molar-refractivity contribution in [2.75, 3.05) is 5.32 Å². The molecular weight excluding hydrogens is 190 g/mol. The predicted molar refractivity (Wildman–Crippen MR) is 60.7 cm³/mol. The minimum absolute atomic E-state index is 0.428. The maximum Gasteiger partial charge on any atom is 0.250 e. The zero-order chi connectivity index (χ0) is 11.3. The molecular formula is C11H17N3O. The van der Waals surface area contributed by atoms with Gasteiger partial charge in [0.25, 0.3) is 0 Å². The summed E-state index contributed by atoms with van der Waals surface area (Å²) >= 11 is 0. The van der Waals surface area contributed by atoms with Crippen LogP contribution in [-0.4, -0.2) is 16.9 Å². The first-order chi connectivity index (χ1) is 7.17. The third-order valence-electron chi connectivity index (χ3n) is 2.39. The van der Waals surface area contributed by atoms with Gasteiger partial charge >= 0.3 is 0 Å². The Hall–Kier alpha value is -1.58. The average Bonchev–Trinajstić information content (AvgIpc) is 2.26. The minimum atomic E-state index is -0.448. The molecule has 0 radical (unpaired) electrons. The van der Waals surface area contributed by atoms with Gasteiger partial charge in [0.1, 0.15) is 5.82 Å². The minimum Gasteiger partial charge on any atom is -0.367 e. The van der Waals surface area contributed by atoms with E-state index >= 15 is 0 Å². The Kier molecular flexibility index (Phi) is 4.09. The molecule has 3 N–H and O–H groups in total. The molecule has 0 aliphatic rings. The molecule has 15 heavy (non-hydrogen) atoms. The van der Waals surface area contributed by atoms with Crippen LogP contribution >= 0.6 is 0 Å². The summed E-state index contributed by atoms with van der Waals surface area (Å²) < 4.78 is 0. The average molecular weight is 207 g/mol. The van der Waals surface area contributed by atoms with Crippen LogP contribution in [0.1, 0.15) is 37.0 Å². The third kappa shape index (κ3) is 3.23. The molecule has 0 atom stereocenters. The van der Waals surface area contributed by atoms with Gasteiger partial charge in [-0.05, 0) is 25.0 Å². The highest BCUT2D eigenvalue weighted by atomic mass is 16.1. The lowest BCUT2D eigenvalue weighted by atomic mass is 10.2. The van der Waals surface area contributed by atoms with E-state index in [1.807, 2.05) is 0 Å². The fourth-order valence-corrected chi connectivity index (χ4v) is 1.33. The number of rotatable bonds is 5. The van der Waals surface area contributed by atoms with Crippen molar-refractivity contribution in [1.82, 2.24) is 4.98 Å². The van der Waals surface area contributed by atoms with E-state index in [1.165, 1.54) is 6.20 Å². The second-order valence-electron chi connectivity index (χ2n) is 3.45. The van der Waals surface area contributed by atoms with Crippen LogP contribution in [0.3, 0.4) is 0 Å². The quantitative estimate of drug-likeness (QED) is 0.773. The van der Waals surface area contributed by atoms with Crippen LogP contribution in [0.2, 0.25) is 0 Å². The Morgan fingerprint density at radius 3 is 2.53 bits per heavy atom. The monoisotopic (exact) mass is 207 g/mol. The van der Waals surface area contributed by atoms with Gasteiger partial charge in [0.15, 0.2) is 0 Å². The number of aromatic nitrogens is 1. The predicted octanol–water partition coefficient (Wildman–Crippen LogP) is 1.78. The summed E-state index contributed by atoms with van der Waals surface area (Å²) in [6.07, 6.45) is 3.60. The molecule has 0 saturated heterocycles. The van der Waals surface area contributed by atoms with Gasteiger partial charge in [0.2, 0.25) is 5.91 Å². The Balaban J connectivity index is 2.67. The number of pyridine rings is 1. The number of nitrogens with one attached hydrogen (secondary N) is 1. The van der Waals surface area contributed by atoms with Gasteiger partial charge in [-0.25, -0.2) is 4.98 Å². The number of anilines is 1. The maximum absolute atomic E-state index is 10.8. The molecule has 0 fully saturated rings. The van der Waals surface area contributed by atoms with Crippen LogP contribution < -0.4 is 11.1 Å². The fourth-order valence-electron chi connectivity index (χ4n) is 1.33. The van der Waals surface area contributed by atoms with E-state index in [0.29, 0.717) is 11.6 Å². The molecule has 1 aromatic heterocycles. The molecule has 1 rings (SSSR count). The zero-order valence-electron chi connectivity index (χ0n) is 9.16. The molecule has 1 heterocycles. The largest absolute Gasteiger partial charge is 0.367 e. The fraction of sp³-hybridized carbons (Fsp3) is 0.455. The first-order valence-corrected chi connectivity index (χ1v) is 5.19. The van der Waals surface area contributed by atoms with Crippen LogP contribution in [0.4, 0.5) is 5.82 Å². The summed E-state index contributed by atoms with van der Waals surface area (Å²) in [6.45, 7) is 4.25. The number of nitrogens with zero attached hydrogens (tertiary/aromatic N) is 1. The highest BCUT2D eigenvalue weighted by Gasteiger charge is 2.04. The number of nitrogens with two attached hydrogens (primary N) is 1. The van der Waals surface area contributed by atoms with Gasteiger partial charge in [0.05, 0.1) is 5.56 Å². The topological polar surface area (TPSA) is 68.0 Å². The molecule has 0 aliphatic heterocycles. The molecule has 1 aromatic rings. The highest BCUT2D eigenvalue weighted by Crippen LogP contribution is 2.09. The van der Waals surface area contributed by atoms with Crippen molar-refractivity contribution in [3.8, 4) is 0 Å². The van der Waals surface area contributed by atoms with Gasteiger partial charge in [-0.2, -0.15) is 0 Å². The highest BCUT2D eigenvalue weighted by molar-refractivity contribution is 5.92. The number of primary amides is 1. The lowest BCUT2D eigenvalue weighted by Gasteiger charge is -2.15.